The molecule has 0 bridgehead atoms. The number of nitrogens with one attached hydrogen (secondary N) is 2. The van der Waals surface area contributed by atoms with E-state index >= 15 is 0 Å². The summed E-state index contributed by atoms with van der Waals surface area (Å²) in [4.78, 5) is 44.1. The van der Waals surface area contributed by atoms with Crippen molar-refractivity contribution in [3.05, 3.63) is 29.6 Å². The molecule has 1 aromatic rings. The van der Waals surface area contributed by atoms with Gasteiger partial charge in [0.15, 0.2) is 6.23 Å². The molecule has 2 saturated carbocycles. The third-order valence-corrected chi connectivity index (χ3v) is 8.60. The van der Waals surface area contributed by atoms with Gasteiger partial charge in [0, 0.05) is 38.0 Å². The van der Waals surface area contributed by atoms with Gasteiger partial charge in [-0.2, -0.15) is 5.43 Å². The lowest BCUT2D eigenvalue weighted by Crippen LogP contribution is -2.64. The third kappa shape index (κ3) is 4.45. The van der Waals surface area contributed by atoms with Gasteiger partial charge in [-0.05, 0) is 64.4 Å². The molecule has 36 heavy (non-hydrogen) atoms. The van der Waals surface area contributed by atoms with E-state index < -0.39 is 23.5 Å². The number of carbonyl (C=O) groups is 3. The Balaban J connectivity index is 1.23. The van der Waals surface area contributed by atoms with E-state index in [0.29, 0.717) is 31.9 Å². The predicted octanol–water partition coefficient (Wildman–Crippen LogP) is 1.74. The highest BCUT2D eigenvalue weighted by Gasteiger charge is 2.48. The Hall–Kier alpha value is -2.72. The van der Waals surface area contributed by atoms with Crippen LogP contribution in [0.15, 0.2) is 18.2 Å². The average molecular weight is 502 g/mol. The smallest absolute Gasteiger partial charge is 0.257 e. The van der Waals surface area contributed by atoms with E-state index in [-0.39, 0.29) is 29.2 Å². The van der Waals surface area contributed by atoms with Crippen molar-refractivity contribution in [3.8, 4) is 5.75 Å². The number of fused-ring (bicyclic) bond motifs is 1. The largest absolute Gasteiger partial charge is 0.473 e. The van der Waals surface area contributed by atoms with Crippen LogP contribution in [0, 0.1) is 17.7 Å². The second kappa shape index (κ2) is 9.97. The fourth-order valence-corrected chi connectivity index (χ4v) is 6.14. The van der Waals surface area contributed by atoms with E-state index in [1.54, 1.807) is 4.90 Å². The summed E-state index contributed by atoms with van der Waals surface area (Å²) in [7, 11) is 3.89. The molecule has 4 aliphatic rings. The maximum Gasteiger partial charge on any atom is 0.257 e. The fourth-order valence-electron chi connectivity index (χ4n) is 6.14. The van der Waals surface area contributed by atoms with Crippen LogP contribution in [0.5, 0.6) is 5.75 Å². The third-order valence-electron chi connectivity index (χ3n) is 8.60. The van der Waals surface area contributed by atoms with Crippen molar-refractivity contribution in [2.45, 2.75) is 56.7 Å². The molecule has 0 radical (unpaired) electrons. The highest BCUT2D eigenvalue weighted by molar-refractivity contribution is 5.95. The fraction of sp³-hybridized carbons (Fsp3) is 0.654. The zero-order valence-electron chi connectivity index (χ0n) is 21.1. The molecule has 2 aliphatic carbocycles. The number of benzene rings is 1. The van der Waals surface area contributed by atoms with Crippen LogP contribution in [0.25, 0.3) is 0 Å². The Morgan fingerprint density at radius 3 is 2.42 bits per heavy atom. The molecule has 2 aliphatic heterocycles. The molecule has 9 nitrogen and oxygen atoms in total. The molecule has 2 saturated heterocycles. The van der Waals surface area contributed by atoms with Gasteiger partial charge in [0.2, 0.25) is 11.8 Å². The number of amides is 3. The van der Waals surface area contributed by atoms with Gasteiger partial charge >= 0.3 is 0 Å². The molecule has 3 unspecified atom stereocenters. The first-order valence-electron chi connectivity index (χ1n) is 13.1. The number of hydrogen-bond acceptors (Lipinski definition) is 6. The molecule has 3 amide bonds. The summed E-state index contributed by atoms with van der Waals surface area (Å²) in [5, 5.41) is 0. The van der Waals surface area contributed by atoms with Gasteiger partial charge in [0.05, 0.1) is 5.56 Å². The average Bonchev–Trinajstić information content (AvgIpc) is 2.85. The number of piperazine rings is 1. The summed E-state index contributed by atoms with van der Waals surface area (Å²) < 4.78 is 20.8. The first-order chi connectivity index (χ1) is 17.3. The first-order valence-corrected chi connectivity index (χ1v) is 13.1. The summed E-state index contributed by atoms with van der Waals surface area (Å²) in [5.74, 6) is -0.588. The van der Waals surface area contributed by atoms with Crippen molar-refractivity contribution < 1.29 is 23.5 Å². The topological polar surface area (TPSA) is 94.2 Å². The second-order valence-electron chi connectivity index (χ2n) is 10.7. The molecule has 5 rings (SSSR count). The van der Waals surface area contributed by atoms with E-state index in [1.807, 2.05) is 23.9 Å². The first kappa shape index (κ1) is 25.0. The van der Waals surface area contributed by atoms with E-state index in [0.717, 1.165) is 44.9 Å². The van der Waals surface area contributed by atoms with Crippen molar-refractivity contribution in [2.75, 3.05) is 40.3 Å². The zero-order valence-corrected chi connectivity index (χ0v) is 21.1. The van der Waals surface area contributed by atoms with Crippen LogP contribution < -0.4 is 15.6 Å². The summed E-state index contributed by atoms with van der Waals surface area (Å²) in [6.45, 7) is 1.59. The summed E-state index contributed by atoms with van der Waals surface area (Å²) in [6, 6.07) is 4.21. The van der Waals surface area contributed by atoms with Crippen LogP contribution in [0.1, 0.15) is 55.3 Å². The number of carbonyl (C=O) groups excluding carboxylic acids is 3. The summed E-state index contributed by atoms with van der Waals surface area (Å²) in [6.07, 6.45) is 6.08. The quantitative estimate of drug-likeness (QED) is 0.639. The highest BCUT2D eigenvalue weighted by Crippen LogP contribution is 2.38. The maximum atomic E-state index is 14.7. The van der Waals surface area contributed by atoms with Crippen molar-refractivity contribution in [1.82, 2.24) is 25.6 Å². The lowest BCUT2D eigenvalue weighted by Gasteiger charge is -2.49. The van der Waals surface area contributed by atoms with E-state index in [9.17, 15) is 18.8 Å². The van der Waals surface area contributed by atoms with Crippen LogP contribution in [0.4, 0.5) is 4.39 Å². The predicted molar refractivity (Wildman–Crippen MR) is 130 cm³/mol. The molecule has 2 N–H and O–H groups in total. The van der Waals surface area contributed by atoms with Crippen LogP contribution >= 0.6 is 0 Å². The molecule has 1 aromatic carbocycles. The van der Waals surface area contributed by atoms with Gasteiger partial charge in [0.1, 0.15) is 17.1 Å². The minimum absolute atomic E-state index is 0.0130. The number of hydrazine groups is 1. The molecule has 0 spiro atoms. The number of rotatable bonds is 5. The molecule has 0 aromatic heterocycles. The normalized spacial score (nSPS) is 27.7. The number of ether oxygens (including phenoxy) is 1. The Morgan fingerprint density at radius 1 is 1.06 bits per heavy atom. The van der Waals surface area contributed by atoms with Gasteiger partial charge in [-0.1, -0.05) is 12.8 Å². The standard InChI is InChI=1S/C26H36FN5O4/c1-30(2)26(10-5-11-26)25(35)32-14-12-31(13-15-32)24(34)20-16-17(8-9-21(20)27)36-23-19-7-4-3-6-18(19)22(33)28-29-23/h8-9,16,18-19,23,29H,3-7,10-15H2,1-2H3,(H,28,33). The van der Waals surface area contributed by atoms with Crippen molar-refractivity contribution in [1.29, 1.82) is 0 Å². The van der Waals surface area contributed by atoms with Crippen LogP contribution in [0.3, 0.4) is 0 Å². The Morgan fingerprint density at radius 2 is 1.75 bits per heavy atom. The molecule has 10 heteroatoms. The van der Waals surface area contributed by atoms with Crippen LogP contribution in [-0.2, 0) is 9.59 Å². The Bertz CT molecular complexity index is 1020. The van der Waals surface area contributed by atoms with Gasteiger partial charge in [-0.3, -0.25) is 24.7 Å². The Kier molecular flexibility index (Phi) is 6.91. The zero-order chi connectivity index (χ0) is 25.4. The monoisotopic (exact) mass is 501 g/mol. The lowest BCUT2D eigenvalue weighted by molar-refractivity contribution is -0.150. The number of likely N-dealkylation sites (N-methyl/N-ethyl adjacent to an activating group) is 1. The van der Waals surface area contributed by atoms with Crippen LogP contribution in [0.2, 0.25) is 0 Å². The number of halogens is 1. The lowest BCUT2D eigenvalue weighted by atomic mass is 9.74. The number of nitrogens with zero attached hydrogens (tertiary/aromatic N) is 3. The second-order valence-corrected chi connectivity index (χ2v) is 10.7. The summed E-state index contributed by atoms with van der Waals surface area (Å²) in [5.41, 5.74) is 5.16. The molecule has 2 heterocycles. The van der Waals surface area contributed by atoms with Gasteiger partial charge in [0.25, 0.3) is 5.91 Å². The number of hydrogen-bond donors (Lipinski definition) is 2. The molecule has 196 valence electrons. The SMILES string of the molecule is CN(C)C1(C(=O)N2CCN(C(=O)c3cc(OC4NNC(=O)C5CCCCC45)ccc3F)CC2)CCC1. The van der Waals surface area contributed by atoms with Crippen molar-refractivity contribution >= 4 is 17.7 Å². The van der Waals surface area contributed by atoms with E-state index in [4.69, 9.17) is 4.74 Å². The van der Waals surface area contributed by atoms with Gasteiger partial charge in [-0.15, -0.1) is 0 Å². The Labute approximate surface area is 211 Å². The van der Waals surface area contributed by atoms with E-state index in [1.165, 1.54) is 18.2 Å². The van der Waals surface area contributed by atoms with Gasteiger partial charge < -0.3 is 14.5 Å². The molecule has 4 fully saturated rings. The molecule has 3 atom stereocenters. The van der Waals surface area contributed by atoms with Crippen LogP contribution in [-0.4, -0.2) is 84.5 Å². The highest BCUT2D eigenvalue weighted by atomic mass is 19.1. The van der Waals surface area contributed by atoms with Crippen molar-refractivity contribution in [2.24, 2.45) is 11.8 Å². The summed E-state index contributed by atoms with van der Waals surface area (Å²) >= 11 is 0. The minimum Gasteiger partial charge on any atom is -0.473 e. The molecular weight excluding hydrogens is 465 g/mol. The minimum atomic E-state index is -0.604. The van der Waals surface area contributed by atoms with Crippen molar-refractivity contribution in [3.63, 3.8) is 0 Å². The maximum absolute atomic E-state index is 14.7. The molecular formula is C26H36FN5O4. The van der Waals surface area contributed by atoms with Gasteiger partial charge in [-0.25, -0.2) is 4.39 Å². The van der Waals surface area contributed by atoms with E-state index in [2.05, 4.69) is 10.9 Å².